The summed E-state index contributed by atoms with van der Waals surface area (Å²) in [7, 11) is 0. The number of nitrogens with one attached hydrogen (secondary N) is 1. The Balaban J connectivity index is 2.70. The smallest absolute Gasteiger partial charge is 0.326 e. The highest BCUT2D eigenvalue weighted by Crippen LogP contribution is 2.19. The van der Waals surface area contributed by atoms with E-state index in [2.05, 4.69) is 5.32 Å². The van der Waals surface area contributed by atoms with E-state index in [1.807, 2.05) is 6.92 Å². The fourth-order valence-corrected chi connectivity index (χ4v) is 2.50. The van der Waals surface area contributed by atoms with E-state index in [4.69, 9.17) is 10.8 Å². The Bertz CT molecular complexity index is 373. The second-order valence-corrected chi connectivity index (χ2v) is 5.12. The van der Waals surface area contributed by atoms with Gasteiger partial charge in [-0.05, 0) is 19.3 Å². The zero-order valence-corrected chi connectivity index (χ0v) is 11.8. The van der Waals surface area contributed by atoms with Gasteiger partial charge in [0, 0.05) is 12.6 Å². The molecule has 1 unspecified atom stereocenters. The van der Waals surface area contributed by atoms with Crippen LogP contribution < -0.4 is 11.1 Å². The Morgan fingerprint density at radius 2 is 2.05 bits per heavy atom. The van der Waals surface area contributed by atoms with Gasteiger partial charge in [0.25, 0.3) is 0 Å². The Morgan fingerprint density at radius 3 is 2.60 bits per heavy atom. The minimum Gasteiger partial charge on any atom is -0.480 e. The highest BCUT2D eigenvalue weighted by Gasteiger charge is 2.28. The molecule has 0 aromatic carbocycles. The van der Waals surface area contributed by atoms with E-state index in [0.29, 0.717) is 6.54 Å². The zero-order chi connectivity index (χ0) is 15.1. The van der Waals surface area contributed by atoms with Crippen LogP contribution in [0, 0.1) is 0 Å². The fraction of sp³-hybridized carbons (Fsp3) is 0.769. The predicted octanol–water partition coefficient (Wildman–Crippen LogP) is 0.679. The van der Waals surface area contributed by atoms with Crippen LogP contribution in [0.5, 0.6) is 0 Å². The van der Waals surface area contributed by atoms with Gasteiger partial charge in [-0.25, -0.2) is 9.59 Å². The van der Waals surface area contributed by atoms with Gasteiger partial charge in [0.15, 0.2) is 0 Å². The first-order valence-electron chi connectivity index (χ1n) is 7.04. The zero-order valence-electron chi connectivity index (χ0n) is 11.8. The highest BCUT2D eigenvalue weighted by atomic mass is 16.4. The van der Waals surface area contributed by atoms with Crippen LogP contribution in [0.3, 0.4) is 0 Å². The average molecular weight is 285 g/mol. The molecule has 0 bridgehead atoms. The molecule has 0 saturated carbocycles. The topological polar surface area (TPSA) is 113 Å². The molecule has 1 rings (SSSR count). The fourth-order valence-electron chi connectivity index (χ4n) is 2.50. The molecule has 0 aromatic heterocycles. The van der Waals surface area contributed by atoms with Crippen molar-refractivity contribution in [2.45, 2.75) is 57.5 Å². The van der Waals surface area contributed by atoms with Crippen LogP contribution >= 0.6 is 0 Å². The summed E-state index contributed by atoms with van der Waals surface area (Å²) in [5, 5.41) is 11.4. The number of amides is 3. The summed E-state index contributed by atoms with van der Waals surface area (Å²) >= 11 is 0. The largest absolute Gasteiger partial charge is 0.480 e. The van der Waals surface area contributed by atoms with E-state index < -0.39 is 30.4 Å². The molecule has 3 amide bonds. The van der Waals surface area contributed by atoms with Gasteiger partial charge in [-0.2, -0.15) is 0 Å². The lowest BCUT2D eigenvalue weighted by molar-refractivity contribution is -0.141. The molecule has 114 valence electrons. The van der Waals surface area contributed by atoms with E-state index in [0.717, 1.165) is 32.1 Å². The molecule has 7 nitrogen and oxygen atoms in total. The predicted molar refractivity (Wildman–Crippen MR) is 73.0 cm³/mol. The van der Waals surface area contributed by atoms with Gasteiger partial charge >= 0.3 is 12.0 Å². The maximum Gasteiger partial charge on any atom is 0.326 e. The molecule has 1 saturated heterocycles. The van der Waals surface area contributed by atoms with Crippen molar-refractivity contribution in [2.24, 2.45) is 5.73 Å². The number of carboxylic acids is 1. The summed E-state index contributed by atoms with van der Waals surface area (Å²) in [4.78, 5) is 35.8. The first kappa shape index (κ1) is 16.3. The normalized spacial score (nSPS) is 20.9. The number of nitrogens with zero attached hydrogens (tertiary/aromatic N) is 1. The SMILES string of the molecule is CCC1CCCCCN1C(=O)N[C@@H](CC(N)=O)C(=O)O. The maximum absolute atomic E-state index is 12.2. The molecule has 7 heteroatoms. The van der Waals surface area contributed by atoms with Crippen LogP contribution in [0.4, 0.5) is 4.79 Å². The second kappa shape index (κ2) is 7.72. The third-order valence-corrected chi connectivity index (χ3v) is 3.61. The summed E-state index contributed by atoms with van der Waals surface area (Å²) in [6.45, 7) is 2.63. The van der Waals surface area contributed by atoms with Gasteiger partial charge in [0.2, 0.25) is 5.91 Å². The summed E-state index contributed by atoms with van der Waals surface area (Å²) in [6.07, 6.45) is 4.43. The number of hydrogen-bond donors (Lipinski definition) is 3. The van der Waals surface area contributed by atoms with Crippen LogP contribution in [0.25, 0.3) is 0 Å². The monoisotopic (exact) mass is 285 g/mol. The summed E-state index contributed by atoms with van der Waals surface area (Å²) < 4.78 is 0. The van der Waals surface area contributed by atoms with Crippen LogP contribution in [0.1, 0.15) is 45.4 Å². The summed E-state index contributed by atoms with van der Waals surface area (Å²) in [5.74, 6) is -2.00. The standard InChI is InChI=1S/C13H23N3O4/c1-2-9-6-4-3-5-7-16(9)13(20)15-10(12(18)19)8-11(14)17/h9-10H,2-8H2,1H3,(H2,14,17)(H,15,20)(H,18,19)/t9?,10-/m0/s1. The van der Waals surface area contributed by atoms with Crippen LogP contribution in [0.2, 0.25) is 0 Å². The highest BCUT2D eigenvalue weighted by molar-refractivity contribution is 5.87. The number of hydrogen-bond acceptors (Lipinski definition) is 3. The van der Waals surface area contributed by atoms with Crippen molar-refractivity contribution in [3.8, 4) is 0 Å². The van der Waals surface area contributed by atoms with E-state index >= 15 is 0 Å². The Hall–Kier alpha value is -1.79. The Kier molecular flexibility index (Phi) is 6.27. The van der Waals surface area contributed by atoms with Gasteiger partial charge < -0.3 is 21.1 Å². The molecule has 20 heavy (non-hydrogen) atoms. The van der Waals surface area contributed by atoms with Gasteiger partial charge in [0.1, 0.15) is 6.04 Å². The van der Waals surface area contributed by atoms with Gasteiger partial charge in [0.05, 0.1) is 6.42 Å². The molecule has 2 atom stereocenters. The molecule has 1 heterocycles. The lowest BCUT2D eigenvalue weighted by Gasteiger charge is -2.30. The lowest BCUT2D eigenvalue weighted by Crippen LogP contribution is -2.52. The minimum atomic E-state index is -1.26. The van der Waals surface area contributed by atoms with Crippen molar-refractivity contribution in [2.75, 3.05) is 6.54 Å². The van der Waals surface area contributed by atoms with Crippen LogP contribution in [-0.4, -0.2) is 46.5 Å². The molecule has 0 radical (unpaired) electrons. The summed E-state index contributed by atoms with van der Waals surface area (Å²) in [5.41, 5.74) is 5.00. The Labute approximate surface area is 118 Å². The average Bonchev–Trinajstić information content (AvgIpc) is 2.62. The number of likely N-dealkylation sites (tertiary alicyclic amines) is 1. The van der Waals surface area contributed by atoms with E-state index in [-0.39, 0.29) is 6.04 Å². The van der Waals surface area contributed by atoms with E-state index in [1.54, 1.807) is 4.90 Å². The molecule has 0 spiro atoms. The van der Waals surface area contributed by atoms with Crippen molar-refractivity contribution in [3.63, 3.8) is 0 Å². The number of carbonyl (C=O) groups is 3. The van der Waals surface area contributed by atoms with Crippen molar-refractivity contribution in [1.29, 1.82) is 0 Å². The third kappa shape index (κ3) is 4.71. The maximum atomic E-state index is 12.2. The van der Waals surface area contributed by atoms with Gasteiger partial charge in [-0.15, -0.1) is 0 Å². The van der Waals surface area contributed by atoms with Gasteiger partial charge in [-0.1, -0.05) is 19.8 Å². The number of aliphatic carboxylic acids is 1. The molecule has 1 aliphatic heterocycles. The number of urea groups is 1. The van der Waals surface area contributed by atoms with Crippen molar-refractivity contribution in [1.82, 2.24) is 10.2 Å². The molecule has 1 aliphatic rings. The number of carbonyl (C=O) groups excluding carboxylic acids is 2. The third-order valence-electron chi connectivity index (χ3n) is 3.61. The molecule has 1 fully saturated rings. The lowest BCUT2D eigenvalue weighted by atomic mass is 10.1. The van der Waals surface area contributed by atoms with E-state index in [9.17, 15) is 14.4 Å². The van der Waals surface area contributed by atoms with Gasteiger partial charge in [-0.3, -0.25) is 4.79 Å². The molecule has 0 aliphatic carbocycles. The minimum absolute atomic E-state index is 0.125. The molecular formula is C13H23N3O4. The van der Waals surface area contributed by atoms with E-state index in [1.165, 1.54) is 0 Å². The number of carboxylic acid groups (broad SMARTS) is 1. The number of rotatable bonds is 5. The van der Waals surface area contributed by atoms with Crippen LogP contribution in [0.15, 0.2) is 0 Å². The quantitative estimate of drug-likeness (QED) is 0.689. The first-order chi connectivity index (χ1) is 9.45. The number of primary amides is 1. The van der Waals surface area contributed by atoms with Crippen molar-refractivity contribution in [3.05, 3.63) is 0 Å². The number of nitrogens with two attached hydrogens (primary N) is 1. The summed E-state index contributed by atoms with van der Waals surface area (Å²) in [6, 6.07) is -1.56. The van der Waals surface area contributed by atoms with Crippen LogP contribution in [-0.2, 0) is 9.59 Å². The van der Waals surface area contributed by atoms with Crippen molar-refractivity contribution < 1.29 is 19.5 Å². The van der Waals surface area contributed by atoms with Crippen molar-refractivity contribution >= 4 is 17.9 Å². The Morgan fingerprint density at radius 1 is 1.35 bits per heavy atom. The second-order valence-electron chi connectivity index (χ2n) is 5.12. The first-order valence-corrected chi connectivity index (χ1v) is 7.04. The molecule has 0 aromatic rings. The molecular weight excluding hydrogens is 262 g/mol. The molecule has 4 N–H and O–H groups in total.